The molecule has 0 aliphatic rings. The molecule has 1 heterocycles. The summed E-state index contributed by atoms with van der Waals surface area (Å²) in [5.74, 6) is 0. The van der Waals surface area contributed by atoms with Gasteiger partial charge in [0.1, 0.15) is 19.6 Å². The molecule has 0 aliphatic carbocycles. The molecule has 2 nitrogen and oxygen atoms in total. The number of rotatable bonds is 1. The van der Waals surface area contributed by atoms with Gasteiger partial charge in [-0.15, -0.1) is 0 Å². The molecule has 1 N–H and O–H groups in total. The van der Waals surface area contributed by atoms with Gasteiger partial charge in [0, 0.05) is 13.7 Å². The van der Waals surface area contributed by atoms with Crippen molar-refractivity contribution in [2.24, 2.45) is 0 Å². The summed E-state index contributed by atoms with van der Waals surface area (Å²) in [7, 11) is 5.69. The molecule has 0 atom stereocenters. The number of nitrogens with one attached hydrogen (secondary N) is 1. The van der Waals surface area contributed by atoms with Gasteiger partial charge in [0.15, 0.2) is 0 Å². The third-order valence-electron chi connectivity index (χ3n) is 1.30. The average Bonchev–Trinajstić information content (AvgIpc) is 2.30. The van der Waals surface area contributed by atoms with Crippen LogP contribution in [-0.4, -0.2) is 12.8 Å². The van der Waals surface area contributed by atoms with E-state index in [9.17, 15) is 0 Å². The monoisotopic (exact) mass is 368 g/mol. The van der Waals surface area contributed by atoms with Gasteiger partial charge in [-0.2, -0.15) is 5.26 Å². The zero-order valence-electron chi connectivity index (χ0n) is 5.49. The molecule has 11 heavy (non-hydrogen) atoms. The lowest BCUT2D eigenvalue weighted by Crippen LogP contribution is -2.08. The number of nitrogens with zero attached hydrogens (tertiary/aromatic N) is 1. The van der Waals surface area contributed by atoms with Crippen molar-refractivity contribution in [3.63, 3.8) is 0 Å². The van der Waals surface area contributed by atoms with Crippen molar-refractivity contribution in [2.45, 2.75) is 4.43 Å². The summed E-state index contributed by atoms with van der Waals surface area (Å²) >= 11 is 4.27. The number of aromatic nitrogens is 1. The summed E-state index contributed by atoms with van der Waals surface area (Å²) in [5.41, 5.74) is 2.21. The predicted octanol–water partition coefficient (Wildman–Crippen LogP) is 1.22. The van der Waals surface area contributed by atoms with E-state index in [4.69, 9.17) is 13.1 Å². The molecular weight excluding hydrogens is 365 g/mol. The summed E-state index contributed by atoms with van der Waals surface area (Å²) in [6.07, 6.45) is 0. The van der Waals surface area contributed by atoms with Crippen molar-refractivity contribution in [2.75, 3.05) is 0 Å². The van der Waals surface area contributed by atoms with Crippen LogP contribution in [0.3, 0.4) is 0 Å². The van der Waals surface area contributed by atoms with Crippen molar-refractivity contribution in [3.05, 3.63) is 15.0 Å². The number of nitriles is 1. The maximum atomic E-state index is 8.61. The molecule has 2 radical (unpaired) electrons. The third-order valence-corrected chi connectivity index (χ3v) is 3.19. The highest BCUT2D eigenvalue weighted by Crippen LogP contribution is 2.11. The molecule has 1 aromatic rings. The number of aromatic amines is 1. The van der Waals surface area contributed by atoms with Gasteiger partial charge in [-0.25, -0.2) is 0 Å². The van der Waals surface area contributed by atoms with E-state index < -0.39 is 0 Å². The zero-order chi connectivity index (χ0) is 8.43. The van der Waals surface area contributed by atoms with Crippen LogP contribution in [0.2, 0.25) is 0 Å². The second-order valence-corrected chi connectivity index (χ2v) is 3.79. The number of H-pyrrole nitrogens is 1. The fourth-order valence-corrected chi connectivity index (χ4v) is 1.91. The van der Waals surface area contributed by atoms with Crippen molar-refractivity contribution in [1.82, 2.24) is 4.98 Å². The normalized spacial score (nSPS) is 9.55. The van der Waals surface area contributed by atoms with E-state index in [2.05, 4.69) is 50.2 Å². The van der Waals surface area contributed by atoms with Gasteiger partial charge in [0.2, 0.25) is 0 Å². The first-order valence-electron chi connectivity index (χ1n) is 2.82. The second kappa shape index (κ2) is 3.80. The Bertz CT molecular complexity index is 313. The van der Waals surface area contributed by atoms with Crippen LogP contribution in [0.1, 0.15) is 11.4 Å². The number of hydrogen-bond acceptors (Lipinski definition) is 1. The average molecular weight is 368 g/mol. The maximum Gasteiger partial charge on any atom is 0.130 e. The Kier molecular flexibility index (Phi) is 3.24. The smallest absolute Gasteiger partial charge is 0.130 e. The Labute approximate surface area is 93.4 Å². The summed E-state index contributed by atoms with van der Waals surface area (Å²) in [6.45, 7) is 0. The molecule has 0 saturated heterocycles. The van der Waals surface area contributed by atoms with E-state index in [0.717, 1.165) is 13.7 Å². The Morgan fingerprint density at radius 2 is 2.27 bits per heavy atom. The first kappa shape index (κ1) is 9.38. The highest BCUT2D eigenvalue weighted by atomic mass is 127. The fraction of sp³-hybridized carbons (Fsp3) is 0.167. The van der Waals surface area contributed by atoms with E-state index in [1.807, 2.05) is 6.07 Å². The largest absolute Gasteiger partial charge is 0.349 e. The first-order valence-corrected chi connectivity index (χ1v) is 5.43. The Hall–Kier alpha value is 0.295. The molecule has 1 rings (SSSR count). The summed E-state index contributed by atoms with van der Waals surface area (Å²) in [6, 6.07) is 2.04. The molecule has 0 aliphatic heterocycles. The topological polar surface area (TPSA) is 39.6 Å². The van der Waals surface area contributed by atoms with Crippen LogP contribution in [0.5, 0.6) is 0 Å². The van der Waals surface area contributed by atoms with E-state index in [1.165, 1.54) is 0 Å². The van der Waals surface area contributed by atoms with Crippen LogP contribution in [0.4, 0.5) is 0 Å². The quantitative estimate of drug-likeness (QED) is 0.452. The molecule has 0 saturated carbocycles. The van der Waals surface area contributed by atoms with Crippen LogP contribution in [0.15, 0.2) is 0 Å². The predicted molar refractivity (Wildman–Crippen MR) is 61.3 cm³/mol. The Morgan fingerprint density at radius 1 is 1.64 bits per heavy atom. The van der Waals surface area contributed by atoms with Crippen molar-refractivity contribution < 1.29 is 0 Å². The van der Waals surface area contributed by atoms with Gasteiger partial charge < -0.3 is 4.98 Å². The maximum absolute atomic E-state index is 8.61. The van der Waals surface area contributed by atoms with Crippen LogP contribution >= 0.6 is 45.2 Å². The standard InChI is InChI=1S/C6H3BI2N2/c7-5-3(1-8)11-4(2-10)6(5)9/h11H,1H2. The van der Waals surface area contributed by atoms with Crippen LogP contribution < -0.4 is 5.46 Å². The van der Waals surface area contributed by atoms with Gasteiger partial charge >= 0.3 is 0 Å². The van der Waals surface area contributed by atoms with Crippen molar-refractivity contribution in [3.8, 4) is 6.07 Å². The minimum Gasteiger partial charge on any atom is -0.349 e. The molecule has 54 valence electrons. The molecule has 0 bridgehead atoms. The van der Waals surface area contributed by atoms with Gasteiger partial charge in [-0.3, -0.25) is 0 Å². The van der Waals surface area contributed by atoms with Crippen molar-refractivity contribution in [1.29, 1.82) is 5.26 Å². The number of alkyl halides is 1. The molecule has 5 heteroatoms. The Morgan fingerprint density at radius 3 is 2.55 bits per heavy atom. The van der Waals surface area contributed by atoms with Crippen molar-refractivity contribution >= 4 is 58.5 Å². The van der Waals surface area contributed by atoms with Crippen LogP contribution in [-0.2, 0) is 4.43 Å². The van der Waals surface area contributed by atoms with Gasteiger partial charge in [0.05, 0.1) is 0 Å². The highest BCUT2D eigenvalue weighted by molar-refractivity contribution is 14.1. The van der Waals surface area contributed by atoms with Gasteiger partial charge in [-0.05, 0) is 22.6 Å². The summed E-state index contributed by atoms with van der Waals surface area (Å²) in [5, 5.41) is 8.61. The lowest BCUT2D eigenvalue weighted by atomic mass is 9.97. The van der Waals surface area contributed by atoms with Crippen LogP contribution in [0, 0.1) is 14.9 Å². The lowest BCUT2D eigenvalue weighted by Gasteiger charge is -1.90. The Balaban J connectivity index is 3.26. The van der Waals surface area contributed by atoms with E-state index in [1.54, 1.807) is 0 Å². The van der Waals surface area contributed by atoms with Crippen LogP contribution in [0.25, 0.3) is 0 Å². The molecular formula is C6H3BI2N2. The summed E-state index contributed by atoms with van der Waals surface area (Å²) < 4.78 is 1.64. The molecule has 0 unspecified atom stereocenters. The minimum absolute atomic E-state index is 0.565. The first-order chi connectivity index (χ1) is 5.20. The SMILES string of the molecule is [B]c1c(CI)[nH]c(C#N)c1I. The van der Waals surface area contributed by atoms with E-state index in [-0.39, 0.29) is 0 Å². The van der Waals surface area contributed by atoms with E-state index in [0.29, 0.717) is 11.2 Å². The molecule has 0 fully saturated rings. The molecule has 1 aromatic heterocycles. The summed E-state index contributed by atoms with van der Waals surface area (Å²) in [4.78, 5) is 2.95. The zero-order valence-corrected chi connectivity index (χ0v) is 9.80. The number of halogens is 2. The molecule has 0 amide bonds. The third kappa shape index (κ3) is 1.72. The lowest BCUT2D eigenvalue weighted by molar-refractivity contribution is 1.23. The second-order valence-electron chi connectivity index (χ2n) is 1.95. The number of hydrogen-bond donors (Lipinski definition) is 1. The van der Waals surface area contributed by atoms with Gasteiger partial charge in [0.25, 0.3) is 0 Å². The van der Waals surface area contributed by atoms with E-state index >= 15 is 0 Å². The highest BCUT2D eigenvalue weighted by Gasteiger charge is 2.08. The van der Waals surface area contributed by atoms with Gasteiger partial charge in [-0.1, -0.05) is 28.1 Å². The molecule has 0 spiro atoms. The fourth-order valence-electron chi connectivity index (χ4n) is 0.723. The molecule has 0 aromatic carbocycles. The minimum atomic E-state index is 0.565.